The van der Waals surface area contributed by atoms with Crippen molar-refractivity contribution in [2.45, 2.75) is 37.9 Å². The molecule has 0 amide bonds. The molecule has 2 N–H and O–H groups in total. The number of aromatic nitrogens is 4. The first-order valence-corrected chi connectivity index (χ1v) is 11.5. The van der Waals surface area contributed by atoms with Crippen LogP contribution in [0.25, 0.3) is 22.3 Å². The van der Waals surface area contributed by atoms with Crippen molar-refractivity contribution in [1.82, 2.24) is 19.5 Å². The summed E-state index contributed by atoms with van der Waals surface area (Å²) in [4.78, 5) is 13.8. The third kappa shape index (κ3) is 4.25. The SMILES string of the molecule is CCCCc1nc2c(N)nc(SC)nc2n1Cc1ccc(-c2ccccc2C#N)cc1. The third-order valence-corrected chi connectivity index (χ3v) is 5.82. The summed E-state index contributed by atoms with van der Waals surface area (Å²) >= 11 is 1.47. The smallest absolute Gasteiger partial charge is 0.191 e. The Morgan fingerprint density at radius 3 is 2.55 bits per heavy atom. The summed E-state index contributed by atoms with van der Waals surface area (Å²) in [6, 6.07) is 18.2. The van der Waals surface area contributed by atoms with Gasteiger partial charge in [-0.25, -0.2) is 15.0 Å². The van der Waals surface area contributed by atoms with Crippen LogP contribution >= 0.6 is 11.8 Å². The number of nitrogens with two attached hydrogens (primary N) is 1. The summed E-state index contributed by atoms with van der Waals surface area (Å²) < 4.78 is 2.15. The van der Waals surface area contributed by atoms with E-state index in [1.807, 2.05) is 30.5 Å². The van der Waals surface area contributed by atoms with Crippen LogP contribution in [0.15, 0.2) is 53.7 Å². The van der Waals surface area contributed by atoms with E-state index in [1.54, 1.807) is 0 Å². The lowest BCUT2D eigenvalue weighted by atomic mass is 9.99. The van der Waals surface area contributed by atoms with Crippen LogP contribution in [-0.4, -0.2) is 25.8 Å². The molecule has 4 rings (SSSR count). The Hall–Kier alpha value is -3.37. The summed E-state index contributed by atoms with van der Waals surface area (Å²) in [5.74, 6) is 1.41. The highest BCUT2D eigenvalue weighted by Crippen LogP contribution is 2.26. The van der Waals surface area contributed by atoms with Crippen molar-refractivity contribution in [3.63, 3.8) is 0 Å². The van der Waals surface area contributed by atoms with Gasteiger partial charge in [-0.1, -0.05) is 67.6 Å². The van der Waals surface area contributed by atoms with E-state index in [0.29, 0.717) is 28.6 Å². The molecule has 0 radical (unpaired) electrons. The molecule has 0 bridgehead atoms. The average molecular weight is 429 g/mol. The summed E-state index contributed by atoms with van der Waals surface area (Å²) in [6.45, 7) is 2.82. The van der Waals surface area contributed by atoms with E-state index in [1.165, 1.54) is 11.8 Å². The highest BCUT2D eigenvalue weighted by Gasteiger charge is 2.17. The molecule has 31 heavy (non-hydrogen) atoms. The van der Waals surface area contributed by atoms with Crippen LogP contribution in [0.5, 0.6) is 0 Å². The molecule has 0 saturated heterocycles. The van der Waals surface area contributed by atoms with Crippen LogP contribution in [0.3, 0.4) is 0 Å². The molecule has 0 aliphatic rings. The second kappa shape index (κ2) is 9.19. The van der Waals surface area contributed by atoms with Crippen LogP contribution in [0, 0.1) is 11.3 Å². The maximum atomic E-state index is 9.39. The number of rotatable bonds is 7. The largest absolute Gasteiger partial charge is 0.382 e. The number of nitrogen functional groups attached to an aromatic ring is 1. The number of fused-ring (bicyclic) bond motifs is 1. The number of thioether (sulfide) groups is 1. The molecular weight excluding hydrogens is 404 g/mol. The number of hydrogen-bond acceptors (Lipinski definition) is 6. The Labute approximate surface area is 186 Å². The highest BCUT2D eigenvalue weighted by atomic mass is 32.2. The standard InChI is InChI=1S/C24H24N6S/c1-3-4-9-20-27-21-22(26)28-24(31-2)29-23(21)30(20)15-16-10-12-17(13-11-16)19-8-6-5-7-18(19)14-25/h5-8,10-13H,3-4,9,15H2,1-2H3,(H2,26,28,29). The minimum absolute atomic E-state index is 0.425. The molecule has 0 atom stereocenters. The molecule has 0 fully saturated rings. The van der Waals surface area contributed by atoms with Gasteiger partial charge in [0.2, 0.25) is 0 Å². The van der Waals surface area contributed by atoms with Crippen LogP contribution in [-0.2, 0) is 13.0 Å². The molecule has 0 saturated carbocycles. The van der Waals surface area contributed by atoms with Gasteiger partial charge in [0.05, 0.1) is 18.2 Å². The van der Waals surface area contributed by atoms with Gasteiger partial charge < -0.3 is 10.3 Å². The number of hydrogen-bond donors (Lipinski definition) is 1. The Balaban J connectivity index is 1.72. The molecule has 2 aromatic carbocycles. The minimum Gasteiger partial charge on any atom is -0.382 e. The van der Waals surface area contributed by atoms with E-state index in [-0.39, 0.29) is 0 Å². The van der Waals surface area contributed by atoms with Crippen molar-refractivity contribution in [2.24, 2.45) is 0 Å². The van der Waals surface area contributed by atoms with E-state index in [9.17, 15) is 5.26 Å². The second-order valence-electron chi connectivity index (χ2n) is 7.34. The second-order valence-corrected chi connectivity index (χ2v) is 8.11. The molecule has 0 aliphatic carbocycles. The fourth-order valence-corrected chi connectivity index (χ4v) is 4.00. The minimum atomic E-state index is 0.425. The maximum Gasteiger partial charge on any atom is 0.191 e. The van der Waals surface area contributed by atoms with Gasteiger partial charge in [-0.2, -0.15) is 5.26 Å². The molecule has 6 nitrogen and oxygen atoms in total. The molecule has 7 heteroatoms. The van der Waals surface area contributed by atoms with Gasteiger partial charge in [0, 0.05) is 6.42 Å². The van der Waals surface area contributed by atoms with Crippen LogP contribution < -0.4 is 5.73 Å². The molecule has 156 valence electrons. The van der Waals surface area contributed by atoms with E-state index >= 15 is 0 Å². The Bertz CT molecular complexity index is 1250. The first kappa shape index (κ1) is 20.9. The van der Waals surface area contributed by atoms with Crippen molar-refractivity contribution in [3.8, 4) is 17.2 Å². The zero-order valence-electron chi connectivity index (χ0n) is 17.7. The number of anilines is 1. The Kier molecular flexibility index (Phi) is 6.19. The maximum absolute atomic E-state index is 9.39. The Morgan fingerprint density at radius 2 is 1.84 bits per heavy atom. The molecule has 0 aliphatic heterocycles. The predicted molar refractivity (Wildman–Crippen MR) is 126 cm³/mol. The van der Waals surface area contributed by atoms with Gasteiger partial charge in [0.25, 0.3) is 0 Å². The van der Waals surface area contributed by atoms with Gasteiger partial charge in [-0.3, -0.25) is 0 Å². The summed E-state index contributed by atoms with van der Waals surface area (Å²) in [5, 5.41) is 10.0. The lowest BCUT2D eigenvalue weighted by molar-refractivity contribution is 0.685. The predicted octanol–water partition coefficient (Wildman–Crippen LogP) is 5.06. The molecule has 0 unspecified atom stereocenters. The lowest BCUT2D eigenvalue weighted by Gasteiger charge is -2.10. The first-order chi connectivity index (χ1) is 15.1. The molecule has 2 aromatic heterocycles. The molecule has 2 heterocycles. The van der Waals surface area contributed by atoms with Gasteiger partial charge in [-0.05, 0) is 35.4 Å². The summed E-state index contributed by atoms with van der Waals surface area (Å²) in [7, 11) is 0. The van der Waals surface area contributed by atoms with Crippen molar-refractivity contribution in [1.29, 1.82) is 5.26 Å². The van der Waals surface area contributed by atoms with E-state index in [2.05, 4.69) is 46.8 Å². The number of imidazole rings is 1. The lowest BCUT2D eigenvalue weighted by Crippen LogP contribution is -2.07. The molecule has 0 spiro atoms. The van der Waals surface area contributed by atoms with E-state index < -0.39 is 0 Å². The van der Waals surface area contributed by atoms with Crippen molar-refractivity contribution < 1.29 is 0 Å². The zero-order valence-corrected chi connectivity index (χ0v) is 18.5. The van der Waals surface area contributed by atoms with Crippen molar-refractivity contribution in [3.05, 3.63) is 65.5 Å². The topological polar surface area (TPSA) is 93.4 Å². The quantitative estimate of drug-likeness (QED) is 0.327. The van der Waals surface area contributed by atoms with Crippen molar-refractivity contribution >= 4 is 28.7 Å². The normalized spacial score (nSPS) is 11.0. The van der Waals surface area contributed by atoms with Gasteiger partial charge in [0.1, 0.15) is 5.82 Å². The monoisotopic (exact) mass is 428 g/mol. The number of aryl methyl sites for hydroxylation is 1. The van der Waals surface area contributed by atoms with E-state index in [0.717, 1.165) is 47.4 Å². The number of nitriles is 1. The van der Waals surface area contributed by atoms with Gasteiger partial charge in [-0.15, -0.1) is 0 Å². The van der Waals surface area contributed by atoms with E-state index in [4.69, 9.17) is 15.7 Å². The van der Waals surface area contributed by atoms with Crippen LogP contribution in [0.1, 0.15) is 36.7 Å². The van der Waals surface area contributed by atoms with Crippen LogP contribution in [0.2, 0.25) is 0 Å². The molecular formula is C24H24N6S. The number of unbranched alkanes of at least 4 members (excludes halogenated alkanes) is 1. The Morgan fingerprint density at radius 1 is 1.06 bits per heavy atom. The highest BCUT2D eigenvalue weighted by molar-refractivity contribution is 7.98. The number of benzene rings is 2. The fraction of sp³-hybridized carbons (Fsp3) is 0.250. The first-order valence-electron chi connectivity index (χ1n) is 10.3. The van der Waals surface area contributed by atoms with Gasteiger partial charge in [0.15, 0.2) is 22.1 Å². The van der Waals surface area contributed by atoms with Gasteiger partial charge >= 0.3 is 0 Å². The third-order valence-electron chi connectivity index (χ3n) is 5.27. The number of nitrogens with zero attached hydrogens (tertiary/aromatic N) is 5. The molecule has 4 aromatic rings. The zero-order chi connectivity index (χ0) is 21.8. The fourth-order valence-electron chi connectivity index (χ4n) is 3.63. The average Bonchev–Trinajstić information content (AvgIpc) is 3.15. The van der Waals surface area contributed by atoms with Crippen molar-refractivity contribution in [2.75, 3.05) is 12.0 Å². The van der Waals surface area contributed by atoms with Crippen LogP contribution in [0.4, 0.5) is 5.82 Å². The summed E-state index contributed by atoms with van der Waals surface area (Å²) in [5.41, 5.74) is 11.4. The summed E-state index contributed by atoms with van der Waals surface area (Å²) in [6.07, 6.45) is 4.95.